The first-order valence-corrected chi connectivity index (χ1v) is 7.97. The Morgan fingerprint density at radius 3 is 2.68 bits per heavy atom. The molecular weight excluding hydrogens is 254 g/mol. The van der Waals surface area contributed by atoms with Gasteiger partial charge in [-0.25, -0.2) is 4.98 Å². The van der Waals surface area contributed by atoms with Gasteiger partial charge in [-0.15, -0.1) is 0 Å². The number of hydrogen-bond acceptors (Lipinski definition) is 4. The van der Waals surface area contributed by atoms with Crippen molar-refractivity contribution in [3.63, 3.8) is 0 Å². The number of hydrogen-bond donors (Lipinski definition) is 1. The lowest BCUT2D eigenvalue weighted by molar-refractivity contribution is 0.572. The minimum absolute atomic E-state index is 0.700. The van der Waals surface area contributed by atoms with Crippen molar-refractivity contribution in [2.45, 2.75) is 34.6 Å². The summed E-state index contributed by atoms with van der Waals surface area (Å²) < 4.78 is 0. The molecule has 1 N–H and O–H groups in total. The first kappa shape index (κ1) is 16.2. The van der Waals surface area contributed by atoms with Gasteiger partial charge in [-0.2, -0.15) is 0 Å². The van der Waals surface area contributed by atoms with Crippen LogP contribution in [0.5, 0.6) is 0 Å². The summed E-state index contributed by atoms with van der Waals surface area (Å²) in [5.41, 5.74) is 1.36. The summed E-state index contributed by atoms with van der Waals surface area (Å²) in [4.78, 5) is 8.03. The van der Waals surface area contributed by atoms with Crippen LogP contribution >= 0.6 is 11.3 Å². The van der Waals surface area contributed by atoms with E-state index in [1.807, 2.05) is 6.20 Å². The topological polar surface area (TPSA) is 28.2 Å². The maximum absolute atomic E-state index is 4.50. The average Bonchev–Trinajstić information content (AvgIpc) is 2.78. The molecule has 0 unspecified atom stereocenters. The molecule has 0 aliphatic rings. The molecule has 0 saturated carbocycles. The van der Waals surface area contributed by atoms with E-state index >= 15 is 0 Å². The van der Waals surface area contributed by atoms with Gasteiger partial charge in [0.2, 0.25) is 0 Å². The highest BCUT2D eigenvalue weighted by atomic mass is 32.1. The van der Waals surface area contributed by atoms with Crippen molar-refractivity contribution < 1.29 is 0 Å². The fourth-order valence-electron chi connectivity index (χ4n) is 1.84. The molecule has 0 atom stereocenters. The zero-order valence-electron chi connectivity index (χ0n) is 12.9. The Morgan fingerprint density at radius 2 is 2.11 bits per heavy atom. The van der Waals surface area contributed by atoms with E-state index < -0.39 is 0 Å². The third-order valence-corrected chi connectivity index (χ3v) is 3.90. The summed E-state index contributed by atoms with van der Waals surface area (Å²) in [6.45, 7) is 15.0. The van der Waals surface area contributed by atoms with E-state index in [-0.39, 0.29) is 0 Å². The number of nitrogens with zero attached hydrogens (tertiary/aromatic N) is 2. The van der Waals surface area contributed by atoms with Crippen molar-refractivity contribution in [1.82, 2.24) is 10.3 Å². The van der Waals surface area contributed by atoms with Gasteiger partial charge in [0.05, 0.1) is 0 Å². The Bertz CT molecular complexity index is 392. The van der Waals surface area contributed by atoms with E-state index in [2.05, 4.69) is 55.9 Å². The molecule has 0 aliphatic carbocycles. The van der Waals surface area contributed by atoms with Gasteiger partial charge in [-0.1, -0.05) is 30.8 Å². The molecule has 4 heteroatoms. The van der Waals surface area contributed by atoms with Gasteiger partial charge < -0.3 is 10.2 Å². The summed E-state index contributed by atoms with van der Waals surface area (Å²) in [6, 6.07) is 0. The van der Waals surface area contributed by atoms with Gasteiger partial charge in [-0.05, 0) is 39.3 Å². The van der Waals surface area contributed by atoms with Gasteiger partial charge in [0.25, 0.3) is 0 Å². The van der Waals surface area contributed by atoms with E-state index in [0.717, 1.165) is 31.3 Å². The first-order valence-electron chi connectivity index (χ1n) is 7.15. The van der Waals surface area contributed by atoms with Crippen LogP contribution in [0.1, 0.15) is 39.5 Å². The van der Waals surface area contributed by atoms with Crippen LogP contribution in [0.15, 0.2) is 11.8 Å². The Kier molecular flexibility index (Phi) is 7.10. The third kappa shape index (κ3) is 5.74. The largest absolute Gasteiger partial charge is 0.349 e. The lowest BCUT2D eigenvalue weighted by Crippen LogP contribution is -2.21. The molecule has 0 aliphatic heterocycles. The molecule has 0 bridgehead atoms. The van der Waals surface area contributed by atoms with Gasteiger partial charge in [0.1, 0.15) is 0 Å². The summed E-state index contributed by atoms with van der Waals surface area (Å²) in [5.74, 6) is 0.700. The molecule has 1 rings (SSSR count). The molecule has 108 valence electrons. The van der Waals surface area contributed by atoms with Crippen molar-refractivity contribution in [3.8, 4) is 0 Å². The third-order valence-electron chi connectivity index (χ3n) is 2.89. The summed E-state index contributed by atoms with van der Waals surface area (Å²) in [6.07, 6.45) is 4.21. The molecule has 0 fully saturated rings. The molecule has 0 radical (unpaired) electrons. The molecule has 1 aromatic heterocycles. The lowest BCUT2D eigenvalue weighted by atomic mass is 10.2. The van der Waals surface area contributed by atoms with Crippen LogP contribution in [0.2, 0.25) is 0 Å². The van der Waals surface area contributed by atoms with E-state index in [1.54, 1.807) is 11.3 Å². The molecule has 0 spiro atoms. The van der Waals surface area contributed by atoms with Crippen molar-refractivity contribution >= 4 is 22.5 Å². The lowest BCUT2D eigenvalue weighted by Gasteiger charge is -2.16. The second-order valence-corrected chi connectivity index (χ2v) is 6.27. The standard InChI is InChI=1S/C15H27N3S/c1-6-18(7-2)15-17-11-14(19-15)8-13(5)10-16-9-12(3)4/h8,11-12,16H,6-7,9-10H2,1-5H3. The minimum atomic E-state index is 0.700. The Balaban J connectivity index is 2.56. The second-order valence-electron chi connectivity index (χ2n) is 5.23. The number of nitrogens with one attached hydrogen (secondary N) is 1. The zero-order chi connectivity index (χ0) is 14.3. The predicted octanol–water partition coefficient (Wildman–Crippen LogP) is 3.64. The smallest absolute Gasteiger partial charge is 0.185 e. The van der Waals surface area contributed by atoms with Gasteiger partial charge in [0, 0.05) is 30.7 Å². The highest BCUT2D eigenvalue weighted by molar-refractivity contribution is 7.16. The second kappa shape index (κ2) is 8.33. The number of rotatable bonds is 8. The summed E-state index contributed by atoms with van der Waals surface area (Å²) in [5, 5.41) is 4.59. The quantitative estimate of drug-likeness (QED) is 0.788. The number of aromatic nitrogens is 1. The molecule has 0 amide bonds. The van der Waals surface area contributed by atoms with Gasteiger partial charge in [0.15, 0.2) is 5.13 Å². The Morgan fingerprint density at radius 1 is 1.42 bits per heavy atom. The van der Waals surface area contributed by atoms with Crippen LogP contribution in [0.4, 0.5) is 5.13 Å². The highest BCUT2D eigenvalue weighted by Gasteiger charge is 2.06. The van der Waals surface area contributed by atoms with Crippen LogP contribution in [0.25, 0.3) is 6.08 Å². The zero-order valence-corrected chi connectivity index (χ0v) is 13.7. The van der Waals surface area contributed by atoms with Crippen LogP contribution in [-0.4, -0.2) is 31.2 Å². The van der Waals surface area contributed by atoms with E-state index in [9.17, 15) is 0 Å². The van der Waals surface area contributed by atoms with E-state index in [0.29, 0.717) is 5.92 Å². The molecule has 19 heavy (non-hydrogen) atoms. The van der Waals surface area contributed by atoms with Crippen molar-refractivity contribution in [2.24, 2.45) is 5.92 Å². The maximum atomic E-state index is 4.50. The Hall–Kier alpha value is -0.870. The van der Waals surface area contributed by atoms with E-state index in [1.165, 1.54) is 10.5 Å². The van der Waals surface area contributed by atoms with Crippen molar-refractivity contribution in [3.05, 3.63) is 16.6 Å². The SMILES string of the molecule is CCN(CC)c1ncc(C=C(C)CNCC(C)C)s1. The first-order chi connectivity index (χ1) is 9.06. The Labute approximate surface area is 121 Å². The molecule has 0 saturated heterocycles. The van der Waals surface area contributed by atoms with Crippen molar-refractivity contribution in [1.29, 1.82) is 0 Å². The monoisotopic (exact) mass is 281 g/mol. The average molecular weight is 281 g/mol. The molecule has 0 aromatic carbocycles. The molecule has 1 aromatic rings. The maximum Gasteiger partial charge on any atom is 0.185 e. The fraction of sp³-hybridized carbons (Fsp3) is 0.667. The normalized spacial score (nSPS) is 12.2. The van der Waals surface area contributed by atoms with Crippen LogP contribution in [0, 0.1) is 5.92 Å². The van der Waals surface area contributed by atoms with Crippen LogP contribution < -0.4 is 10.2 Å². The van der Waals surface area contributed by atoms with E-state index in [4.69, 9.17) is 0 Å². The highest BCUT2D eigenvalue weighted by Crippen LogP contribution is 2.24. The minimum Gasteiger partial charge on any atom is -0.349 e. The van der Waals surface area contributed by atoms with Gasteiger partial charge in [-0.3, -0.25) is 0 Å². The fourth-order valence-corrected chi connectivity index (χ4v) is 2.90. The van der Waals surface area contributed by atoms with Crippen LogP contribution in [-0.2, 0) is 0 Å². The molecular formula is C15H27N3S. The number of anilines is 1. The molecule has 3 nitrogen and oxygen atoms in total. The molecule has 1 heterocycles. The summed E-state index contributed by atoms with van der Waals surface area (Å²) in [7, 11) is 0. The van der Waals surface area contributed by atoms with Gasteiger partial charge >= 0.3 is 0 Å². The van der Waals surface area contributed by atoms with Crippen molar-refractivity contribution in [2.75, 3.05) is 31.1 Å². The summed E-state index contributed by atoms with van der Waals surface area (Å²) >= 11 is 1.77. The number of thiazole rings is 1. The van der Waals surface area contributed by atoms with Crippen LogP contribution in [0.3, 0.4) is 0 Å². The predicted molar refractivity (Wildman–Crippen MR) is 87.0 cm³/mol.